The lowest BCUT2D eigenvalue weighted by atomic mass is 10.4. The second kappa shape index (κ2) is 6.54. The topological polar surface area (TPSA) is 18.5 Å². The average molecular weight is 394 g/mol. The van der Waals surface area contributed by atoms with Gasteiger partial charge in [0.05, 0.1) is 0 Å². The molecule has 24 heavy (non-hydrogen) atoms. The molecule has 0 aliphatic rings. The maximum Gasteiger partial charge on any atom is 0.507 e. The molecule has 0 unspecified atom stereocenters. The number of hydrogen-bond donors (Lipinski definition) is 0. The van der Waals surface area contributed by atoms with Gasteiger partial charge >= 0.3 is 36.7 Å². The molecule has 0 spiro atoms. The highest BCUT2D eigenvalue weighted by Crippen LogP contribution is 2.45. The van der Waals surface area contributed by atoms with Gasteiger partial charge in [-0.3, -0.25) is 0 Å². The van der Waals surface area contributed by atoms with Crippen LogP contribution in [-0.4, -0.2) is 24.6 Å². The zero-order valence-corrected chi connectivity index (χ0v) is 10.1. The van der Waals surface area contributed by atoms with Crippen molar-refractivity contribution in [3.05, 3.63) is 23.7 Å². The first-order valence-electron chi connectivity index (χ1n) is 4.71. The Kier molecular flexibility index (Phi) is 6.02. The summed E-state index contributed by atoms with van der Waals surface area (Å²) in [5.41, 5.74) is 0. The maximum absolute atomic E-state index is 12.8. The Morgan fingerprint density at radius 1 is 0.458 bits per heavy atom. The van der Waals surface area contributed by atoms with Gasteiger partial charge in [0.25, 0.3) is 11.5 Å². The maximum atomic E-state index is 12.8. The largest absolute Gasteiger partial charge is 0.507 e. The lowest BCUT2D eigenvalue weighted by molar-refractivity contribution is -0.426. The van der Waals surface area contributed by atoms with Crippen molar-refractivity contribution < 1.29 is 70.9 Å². The molecule has 0 bridgehead atoms. The molecule has 0 amide bonds. The standard InChI is InChI=1S/C8F14O2/c9-3(10)1(5(13,14)15)23-7(19,20)8(21,22)24-2(4(11)12)6(16,17)18. The lowest BCUT2D eigenvalue weighted by Crippen LogP contribution is -2.47. The predicted molar refractivity (Wildman–Crippen MR) is 42.7 cm³/mol. The van der Waals surface area contributed by atoms with Gasteiger partial charge in [0, 0.05) is 0 Å². The molecule has 16 heteroatoms. The second-order valence-electron chi connectivity index (χ2n) is 3.41. The summed E-state index contributed by atoms with van der Waals surface area (Å²) in [5.74, 6) is -7.98. The summed E-state index contributed by atoms with van der Waals surface area (Å²) in [6.45, 7) is 0. The van der Waals surface area contributed by atoms with Gasteiger partial charge in [-0.25, -0.2) is 0 Å². The van der Waals surface area contributed by atoms with Crippen LogP contribution in [0.25, 0.3) is 0 Å². The molecule has 0 aromatic rings. The molecule has 0 saturated carbocycles. The summed E-state index contributed by atoms with van der Waals surface area (Å²) < 4.78 is 173. The molecule has 0 heterocycles. The number of alkyl halides is 10. The zero-order chi connectivity index (χ0) is 19.7. The van der Waals surface area contributed by atoms with Crippen molar-refractivity contribution >= 4 is 0 Å². The third kappa shape index (κ3) is 5.33. The summed E-state index contributed by atoms with van der Waals surface area (Å²) in [6.07, 6.45) is -34.8. The summed E-state index contributed by atoms with van der Waals surface area (Å²) >= 11 is 0. The molecule has 0 saturated heterocycles. The molecular formula is C8F14O2. The highest BCUT2D eigenvalue weighted by molar-refractivity contribution is 5.04. The van der Waals surface area contributed by atoms with E-state index in [9.17, 15) is 61.5 Å². The molecule has 0 aromatic heterocycles. The summed E-state index contributed by atoms with van der Waals surface area (Å²) in [6, 6.07) is 0. The quantitative estimate of drug-likeness (QED) is 0.450. The number of ether oxygens (including phenoxy) is 2. The van der Waals surface area contributed by atoms with Gasteiger partial charge in [-0.15, -0.1) is 0 Å². The Morgan fingerprint density at radius 3 is 0.792 bits per heavy atom. The van der Waals surface area contributed by atoms with E-state index in [4.69, 9.17) is 0 Å². The van der Waals surface area contributed by atoms with E-state index in [1.165, 1.54) is 0 Å². The molecule has 0 atom stereocenters. The van der Waals surface area contributed by atoms with Crippen LogP contribution in [0, 0.1) is 0 Å². The van der Waals surface area contributed by atoms with Gasteiger partial charge in [-0.2, -0.15) is 61.5 Å². The Labute approximate surface area is 120 Å². The van der Waals surface area contributed by atoms with Crippen LogP contribution in [-0.2, 0) is 9.47 Å². The fourth-order valence-electron chi connectivity index (χ4n) is 0.782. The van der Waals surface area contributed by atoms with Gasteiger partial charge < -0.3 is 9.47 Å². The average Bonchev–Trinajstić information content (AvgIpc) is 2.29. The Bertz CT molecular complexity index is 468. The van der Waals surface area contributed by atoms with Crippen LogP contribution in [0.4, 0.5) is 61.5 Å². The van der Waals surface area contributed by atoms with Crippen molar-refractivity contribution in [1.82, 2.24) is 0 Å². The summed E-state index contributed by atoms with van der Waals surface area (Å²) in [7, 11) is 0. The minimum absolute atomic E-state index is 1.98. The molecule has 2 nitrogen and oxygen atoms in total. The second-order valence-corrected chi connectivity index (χ2v) is 3.41. The zero-order valence-electron chi connectivity index (χ0n) is 10.1. The van der Waals surface area contributed by atoms with Crippen LogP contribution in [0.5, 0.6) is 0 Å². The fourth-order valence-corrected chi connectivity index (χ4v) is 0.782. The molecule has 0 aliphatic heterocycles. The fraction of sp³-hybridized carbons (Fsp3) is 0.500. The van der Waals surface area contributed by atoms with Crippen LogP contribution < -0.4 is 0 Å². The number of allylic oxidation sites excluding steroid dienone is 2. The van der Waals surface area contributed by atoms with Crippen molar-refractivity contribution in [2.75, 3.05) is 0 Å². The Balaban J connectivity index is 5.78. The van der Waals surface area contributed by atoms with E-state index in [-0.39, 0.29) is 0 Å². The number of halogens is 14. The Hall–Kier alpha value is -1.90. The first-order valence-corrected chi connectivity index (χ1v) is 4.71. The number of hydrogen-bond acceptors (Lipinski definition) is 2. The molecule has 0 rings (SSSR count). The molecule has 0 aromatic carbocycles. The molecule has 0 fully saturated rings. The van der Waals surface area contributed by atoms with Gasteiger partial charge in [0.1, 0.15) is 0 Å². The van der Waals surface area contributed by atoms with Crippen molar-refractivity contribution in [3.63, 3.8) is 0 Å². The minimum Gasteiger partial charge on any atom is -0.414 e. The summed E-state index contributed by atoms with van der Waals surface area (Å²) in [5, 5.41) is 0. The first kappa shape index (κ1) is 22.1. The van der Waals surface area contributed by atoms with E-state index < -0.39 is 48.2 Å². The molecule has 0 N–H and O–H groups in total. The summed E-state index contributed by atoms with van der Waals surface area (Å²) in [4.78, 5) is 0. The highest BCUT2D eigenvalue weighted by Gasteiger charge is 2.67. The number of rotatable bonds is 5. The van der Waals surface area contributed by atoms with Gasteiger partial charge in [0.15, 0.2) is 0 Å². The predicted octanol–water partition coefficient (Wildman–Crippen LogP) is 5.55. The molecule has 142 valence electrons. The SMILES string of the molecule is FC(F)=C(OC(F)(F)C(F)(F)OC(=C(F)F)C(F)(F)F)C(F)(F)F. The van der Waals surface area contributed by atoms with Crippen molar-refractivity contribution in [2.24, 2.45) is 0 Å². The van der Waals surface area contributed by atoms with E-state index in [2.05, 4.69) is 0 Å². The van der Waals surface area contributed by atoms with Gasteiger partial charge in [0.2, 0.25) is 0 Å². The smallest absolute Gasteiger partial charge is 0.414 e. The molecule has 0 radical (unpaired) electrons. The lowest BCUT2D eigenvalue weighted by Gasteiger charge is -2.28. The molecule has 0 aliphatic carbocycles. The Morgan fingerprint density at radius 2 is 0.667 bits per heavy atom. The van der Waals surface area contributed by atoms with Crippen molar-refractivity contribution in [2.45, 2.75) is 24.6 Å². The van der Waals surface area contributed by atoms with Crippen molar-refractivity contribution in [3.8, 4) is 0 Å². The van der Waals surface area contributed by atoms with Crippen LogP contribution in [0.2, 0.25) is 0 Å². The van der Waals surface area contributed by atoms with E-state index >= 15 is 0 Å². The van der Waals surface area contributed by atoms with E-state index in [1.54, 1.807) is 0 Å². The van der Waals surface area contributed by atoms with Gasteiger partial charge in [-0.05, 0) is 0 Å². The first-order chi connectivity index (χ1) is 10.3. The van der Waals surface area contributed by atoms with Crippen LogP contribution in [0.3, 0.4) is 0 Å². The third-order valence-corrected chi connectivity index (χ3v) is 1.66. The third-order valence-electron chi connectivity index (χ3n) is 1.66. The van der Waals surface area contributed by atoms with Crippen LogP contribution >= 0.6 is 0 Å². The van der Waals surface area contributed by atoms with Crippen molar-refractivity contribution in [1.29, 1.82) is 0 Å². The highest BCUT2D eigenvalue weighted by atomic mass is 19.4. The van der Waals surface area contributed by atoms with E-state index in [0.29, 0.717) is 0 Å². The minimum atomic E-state index is -6.84. The normalized spacial score (nSPS) is 13.4. The van der Waals surface area contributed by atoms with Gasteiger partial charge in [-0.1, -0.05) is 0 Å². The van der Waals surface area contributed by atoms with E-state index in [0.717, 1.165) is 0 Å². The van der Waals surface area contributed by atoms with Crippen LogP contribution in [0.1, 0.15) is 0 Å². The van der Waals surface area contributed by atoms with Crippen LogP contribution in [0.15, 0.2) is 23.7 Å². The van der Waals surface area contributed by atoms with E-state index in [1.807, 2.05) is 9.47 Å². The monoisotopic (exact) mass is 394 g/mol. The molecular weight excluding hydrogens is 394 g/mol.